The molecule has 0 aliphatic heterocycles. The minimum absolute atomic E-state index is 0.298. The van der Waals surface area contributed by atoms with E-state index in [1.807, 2.05) is 26.0 Å². The maximum atomic E-state index is 9.24. The van der Waals surface area contributed by atoms with Crippen LogP contribution < -0.4 is 14.9 Å². The molecule has 2 rings (SSSR count). The van der Waals surface area contributed by atoms with Crippen LogP contribution in [0.4, 0.5) is 0 Å². The van der Waals surface area contributed by atoms with Crippen molar-refractivity contribution in [1.82, 2.24) is 0 Å². The van der Waals surface area contributed by atoms with E-state index in [4.69, 9.17) is 9.47 Å². The number of hydrogen-bond acceptors (Lipinski definition) is 4. The highest BCUT2D eigenvalue weighted by Crippen LogP contribution is 2.21. The van der Waals surface area contributed by atoms with Crippen LogP contribution in [0.15, 0.2) is 36.4 Å². The number of rotatable bonds is 5. The summed E-state index contributed by atoms with van der Waals surface area (Å²) in [4.78, 5) is 0. The molecule has 0 saturated carbocycles. The number of ether oxygens (including phenoxy) is 2. The molecule has 2 aromatic rings. The Bertz CT molecular complexity index is 605. The van der Waals surface area contributed by atoms with Crippen LogP contribution in [-0.4, -0.2) is 24.3 Å². The summed E-state index contributed by atoms with van der Waals surface area (Å²) in [5, 5.41) is 18.5. The van der Waals surface area contributed by atoms with Gasteiger partial charge in [0.1, 0.15) is 18.1 Å². The van der Waals surface area contributed by atoms with Crippen LogP contribution in [0.2, 0.25) is 0 Å². The SMILES string of the molecule is COc1ccc(B(O)O)cc1COc1cc(C)cc(C)c1. The van der Waals surface area contributed by atoms with Crippen LogP contribution in [0.3, 0.4) is 0 Å². The lowest BCUT2D eigenvalue weighted by Crippen LogP contribution is -2.30. The van der Waals surface area contributed by atoms with E-state index in [1.165, 1.54) is 0 Å². The topological polar surface area (TPSA) is 58.9 Å². The lowest BCUT2D eigenvalue weighted by atomic mass is 9.79. The molecule has 0 spiro atoms. The van der Waals surface area contributed by atoms with Gasteiger partial charge in [0.05, 0.1) is 7.11 Å². The normalized spacial score (nSPS) is 10.3. The lowest BCUT2D eigenvalue weighted by molar-refractivity contribution is 0.296. The third kappa shape index (κ3) is 4.00. The van der Waals surface area contributed by atoms with Gasteiger partial charge >= 0.3 is 7.12 Å². The highest BCUT2D eigenvalue weighted by Gasteiger charge is 2.14. The molecule has 0 radical (unpaired) electrons. The third-order valence-corrected chi connectivity index (χ3v) is 3.19. The molecule has 0 aromatic heterocycles. The van der Waals surface area contributed by atoms with Gasteiger partial charge in [0.15, 0.2) is 0 Å². The molecule has 0 aliphatic carbocycles. The number of methoxy groups -OCH3 is 1. The van der Waals surface area contributed by atoms with E-state index in [0.29, 0.717) is 17.8 Å². The van der Waals surface area contributed by atoms with Crippen molar-refractivity contribution in [3.8, 4) is 11.5 Å². The zero-order valence-electron chi connectivity index (χ0n) is 12.5. The highest BCUT2D eigenvalue weighted by molar-refractivity contribution is 6.58. The molecule has 0 atom stereocenters. The van der Waals surface area contributed by atoms with Gasteiger partial charge in [-0.3, -0.25) is 0 Å². The Morgan fingerprint density at radius 3 is 2.24 bits per heavy atom. The van der Waals surface area contributed by atoms with Crippen molar-refractivity contribution >= 4 is 12.6 Å². The quantitative estimate of drug-likeness (QED) is 0.819. The van der Waals surface area contributed by atoms with Crippen LogP contribution in [0.1, 0.15) is 16.7 Å². The summed E-state index contributed by atoms with van der Waals surface area (Å²) in [5.41, 5.74) is 3.45. The molecule has 0 fully saturated rings. The smallest absolute Gasteiger partial charge is 0.488 e. The van der Waals surface area contributed by atoms with Gasteiger partial charge in [-0.05, 0) is 48.6 Å². The largest absolute Gasteiger partial charge is 0.496 e. The van der Waals surface area contributed by atoms with Crippen LogP contribution in [-0.2, 0) is 6.61 Å². The average Bonchev–Trinajstić information content (AvgIpc) is 2.43. The van der Waals surface area contributed by atoms with E-state index < -0.39 is 7.12 Å². The van der Waals surface area contributed by atoms with E-state index in [-0.39, 0.29) is 0 Å². The fourth-order valence-electron chi connectivity index (χ4n) is 2.25. The van der Waals surface area contributed by atoms with Crippen molar-refractivity contribution in [3.05, 3.63) is 53.1 Å². The Balaban J connectivity index is 2.20. The predicted molar refractivity (Wildman–Crippen MR) is 83.1 cm³/mol. The van der Waals surface area contributed by atoms with Crippen molar-refractivity contribution in [2.45, 2.75) is 20.5 Å². The second-order valence-corrected chi connectivity index (χ2v) is 5.06. The van der Waals surface area contributed by atoms with Gasteiger partial charge in [0, 0.05) is 5.56 Å². The standard InChI is InChI=1S/C16H19BO4/c1-11-6-12(2)8-15(7-11)21-10-13-9-14(17(18)19)4-5-16(13)20-3/h4-9,18-19H,10H2,1-3H3. The molecule has 0 aliphatic rings. The van der Waals surface area contributed by atoms with Crippen LogP contribution in [0.5, 0.6) is 11.5 Å². The molecule has 110 valence electrons. The molecule has 0 amide bonds. The maximum absolute atomic E-state index is 9.24. The van der Waals surface area contributed by atoms with Gasteiger partial charge < -0.3 is 19.5 Å². The van der Waals surface area contributed by atoms with Crippen molar-refractivity contribution < 1.29 is 19.5 Å². The summed E-state index contributed by atoms with van der Waals surface area (Å²) >= 11 is 0. The molecule has 0 heterocycles. The average molecular weight is 286 g/mol. The second kappa shape index (κ2) is 6.65. The minimum Gasteiger partial charge on any atom is -0.496 e. The fourth-order valence-corrected chi connectivity index (χ4v) is 2.25. The number of hydrogen-bond donors (Lipinski definition) is 2. The Morgan fingerprint density at radius 1 is 1.00 bits per heavy atom. The van der Waals surface area contributed by atoms with Crippen LogP contribution >= 0.6 is 0 Å². The van der Waals surface area contributed by atoms with E-state index >= 15 is 0 Å². The zero-order chi connectivity index (χ0) is 15.4. The van der Waals surface area contributed by atoms with Crippen molar-refractivity contribution in [1.29, 1.82) is 0 Å². The van der Waals surface area contributed by atoms with Crippen LogP contribution in [0, 0.1) is 13.8 Å². The maximum Gasteiger partial charge on any atom is 0.488 e. The molecular weight excluding hydrogens is 267 g/mol. The second-order valence-electron chi connectivity index (χ2n) is 5.06. The zero-order valence-corrected chi connectivity index (χ0v) is 12.5. The van der Waals surface area contributed by atoms with E-state index in [0.717, 1.165) is 22.4 Å². The van der Waals surface area contributed by atoms with Crippen molar-refractivity contribution in [2.24, 2.45) is 0 Å². The monoisotopic (exact) mass is 286 g/mol. The molecule has 2 aromatic carbocycles. The predicted octanol–water partition coefficient (Wildman–Crippen LogP) is 1.57. The minimum atomic E-state index is -1.50. The Morgan fingerprint density at radius 2 is 1.67 bits per heavy atom. The Labute approximate surface area is 125 Å². The van der Waals surface area contributed by atoms with Gasteiger partial charge in [-0.15, -0.1) is 0 Å². The summed E-state index contributed by atoms with van der Waals surface area (Å²) in [7, 11) is 0.0703. The number of benzene rings is 2. The molecule has 0 unspecified atom stereocenters. The van der Waals surface area contributed by atoms with Gasteiger partial charge in [-0.2, -0.15) is 0 Å². The van der Waals surface area contributed by atoms with Gasteiger partial charge in [0.25, 0.3) is 0 Å². The first-order valence-electron chi connectivity index (χ1n) is 6.73. The molecule has 4 nitrogen and oxygen atoms in total. The number of aryl methyl sites for hydroxylation is 2. The molecular formula is C16H19BO4. The van der Waals surface area contributed by atoms with Gasteiger partial charge in [0.2, 0.25) is 0 Å². The summed E-state index contributed by atoms with van der Waals surface area (Å²) in [6, 6.07) is 11.0. The van der Waals surface area contributed by atoms with Gasteiger partial charge in [-0.25, -0.2) is 0 Å². The first kappa shape index (κ1) is 15.4. The van der Waals surface area contributed by atoms with Gasteiger partial charge in [-0.1, -0.05) is 18.2 Å². The van der Waals surface area contributed by atoms with Crippen molar-refractivity contribution in [2.75, 3.05) is 7.11 Å². The molecule has 0 saturated heterocycles. The lowest BCUT2D eigenvalue weighted by Gasteiger charge is -2.13. The summed E-state index contributed by atoms with van der Waals surface area (Å²) in [6.07, 6.45) is 0. The molecule has 0 bridgehead atoms. The van der Waals surface area contributed by atoms with E-state index in [9.17, 15) is 10.0 Å². The van der Waals surface area contributed by atoms with Crippen LogP contribution in [0.25, 0.3) is 0 Å². The molecule has 2 N–H and O–H groups in total. The molecule has 21 heavy (non-hydrogen) atoms. The van der Waals surface area contributed by atoms with E-state index in [1.54, 1.807) is 25.3 Å². The Hall–Kier alpha value is -1.98. The Kier molecular flexibility index (Phi) is 4.88. The molecule has 5 heteroatoms. The summed E-state index contributed by atoms with van der Waals surface area (Å²) in [5.74, 6) is 1.44. The van der Waals surface area contributed by atoms with Crippen molar-refractivity contribution in [3.63, 3.8) is 0 Å². The fraction of sp³-hybridized carbons (Fsp3) is 0.250. The first-order valence-corrected chi connectivity index (χ1v) is 6.73. The summed E-state index contributed by atoms with van der Waals surface area (Å²) < 4.78 is 11.1. The first-order chi connectivity index (χ1) is 9.99. The summed E-state index contributed by atoms with van der Waals surface area (Å²) in [6.45, 7) is 4.33. The highest BCUT2D eigenvalue weighted by atomic mass is 16.5. The third-order valence-electron chi connectivity index (χ3n) is 3.19. The van der Waals surface area contributed by atoms with E-state index in [2.05, 4.69) is 6.07 Å².